The Hall–Kier alpha value is -2.07. The molecule has 0 saturated heterocycles. The molecule has 0 heterocycles. The Morgan fingerprint density at radius 1 is 1.18 bits per heavy atom. The fraction of sp³-hybridized carbons (Fsp3) is 0.235. The number of benzene rings is 2. The molecule has 0 aliphatic heterocycles. The average Bonchev–Trinajstić information content (AvgIpc) is 2.49. The van der Waals surface area contributed by atoms with Crippen LogP contribution in [0.25, 0.3) is 0 Å². The Bertz CT molecular complexity index is 636. The Balaban J connectivity index is 1.93. The van der Waals surface area contributed by atoms with Gasteiger partial charge in [0.15, 0.2) is 0 Å². The first-order valence-corrected chi connectivity index (χ1v) is 7.31. The normalized spacial score (nSPS) is 10.4. The second-order valence-corrected chi connectivity index (χ2v) is 5.62. The number of nitrogens with zero attached hydrogens (tertiary/aromatic N) is 1. The molecule has 0 aromatic heterocycles. The van der Waals surface area contributed by atoms with Gasteiger partial charge in [-0.3, -0.25) is 4.79 Å². The van der Waals surface area contributed by atoms with Crippen molar-refractivity contribution in [3.8, 4) is 0 Å². The van der Waals surface area contributed by atoms with Gasteiger partial charge in [0.1, 0.15) is 5.82 Å². The topological polar surface area (TPSA) is 32.3 Å². The minimum absolute atomic E-state index is 0.0682. The maximum absolute atomic E-state index is 13.6. The predicted molar refractivity (Wildman–Crippen MR) is 87.7 cm³/mol. The van der Waals surface area contributed by atoms with Gasteiger partial charge < -0.3 is 10.2 Å². The van der Waals surface area contributed by atoms with Crippen LogP contribution in [0.2, 0.25) is 5.02 Å². The highest BCUT2D eigenvalue weighted by molar-refractivity contribution is 6.31. The maximum Gasteiger partial charge on any atom is 0.224 e. The molecule has 0 radical (unpaired) electrons. The number of rotatable bonds is 5. The molecule has 0 unspecified atom stereocenters. The van der Waals surface area contributed by atoms with E-state index in [0.29, 0.717) is 6.54 Å². The first-order valence-electron chi connectivity index (χ1n) is 6.93. The first kappa shape index (κ1) is 16.3. The molecule has 116 valence electrons. The van der Waals surface area contributed by atoms with Crippen molar-refractivity contribution in [1.82, 2.24) is 5.32 Å². The van der Waals surface area contributed by atoms with Crippen LogP contribution >= 0.6 is 11.6 Å². The van der Waals surface area contributed by atoms with Gasteiger partial charge in [-0.25, -0.2) is 4.39 Å². The van der Waals surface area contributed by atoms with Gasteiger partial charge in [-0.05, 0) is 29.8 Å². The molecule has 2 aromatic rings. The van der Waals surface area contributed by atoms with Gasteiger partial charge in [0, 0.05) is 36.9 Å². The number of carbonyl (C=O) groups is 1. The van der Waals surface area contributed by atoms with E-state index in [4.69, 9.17) is 11.6 Å². The van der Waals surface area contributed by atoms with Crippen LogP contribution in [0.4, 0.5) is 10.1 Å². The van der Waals surface area contributed by atoms with E-state index < -0.39 is 5.82 Å². The highest BCUT2D eigenvalue weighted by Gasteiger charge is 2.11. The van der Waals surface area contributed by atoms with Crippen molar-refractivity contribution in [1.29, 1.82) is 0 Å². The number of carbonyl (C=O) groups excluding carboxylic acids is 1. The third-order valence-corrected chi connectivity index (χ3v) is 3.70. The molecule has 0 spiro atoms. The second-order valence-electron chi connectivity index (χ2n) is 5.21. The van der Waals surface area contributed by atoms with E-state index >= 15 is 0 Å². The highest BCUT2D eigenvalue weighted by atomic mass is 35.5. The molecule has 0 fully saturated rings. The van der Waals surface area contributed by atoms with Crippen molar-refractivity contribution in [3.05, 3.63) is 64.4 Å². The minimum Gasteiger partial charge on any atom is -0.378 e. The molecule has 0 bridgehead atoms. The molecule has 0 atom stereocenters. The molecular weight excluding hydrogens is 303 g/mol. The van der Waals surface area contributed by atoms with Crippen molar-refractivity contribution >= 4 is 23.2 Å². The van der Waals surface area contributed by atoms with Gasteiger partial charge in [0.05, 0.1) is 6.42 Å². The maximum atomic E-state index is 13.6. The predicted octanol–water partition coefficient (Wildman–Crippen LogP) is 3.40. The fourth-order valence-corrected chi connectivity index (χ4v) is 2.27. The Morgan fingerprint density at radius 3 is 2.45 bits per heavy atom. The van der Waals surface area contributed by atoms with Gasteiger partial charge in [0.2, 0.25) is 5.91 Å². The Labute approximate surface area is 134 Å². The number of hydrogen-bond acceptors (Lipinski definition) is 2. The summed E-state index contributed by atoms with van der Waals surface area (Å²) in [6.45, 7) is 0.401. The van der Waals surface area contributed by atoms with Crippen molar-refractivity contribution in [2.75, 3.05) is 19.0 Å². The molecular formula is C17H18ClFN2O. The van der Waals surface area contributed by atoms with E-state index in [9.17, 15) is 9.18 Å². The van der Waals surface area contributed by atoms with E-state index in [1.165, 1.54) is 12.1 Å². The standard InChI is InChI=1S/C17H18ClFN2O/c1-21(2)13-8-6-12(7-9-13)11-20-17(22)10-14-15(18)4-3-5-16(14)19/h3-9H,10-11H2,1-2H3,(H,20,22). The fourth-order valence-electron chi connectivity index (χ4n) is 2.04. The van der Waals surface area contributed by atoms with Crippen LogP contribution in [-0.4, -0.2) is 20.0 Å². The summed E-state index contributed by atoms with van der Waals surface area (Å²) < 4.78 is 13.6. The molecule has 5 heteroatoms. The third kappa shape index (κ3) is 4.21. The molecule has 0 saturated carbocycles. The summed E-state index contributed by atoms with van der Waals surface area (Å²) in [5, 5.41) is 3.04. The lowest BCUT2D eigenvalue weighted by Crippen LogP contribution is -2.25. The summed E-state index contributed by atoms with van der Waals surface area (Å²) in [5.74, 6) is -0.721. The zero-order chi connectivity index (χ0) is 16.1. The number of amides is 1. The minimum atomic E-state index is -0.460. The largest absolute Gasteiger partial charge is 0.378 e. The van der Waals surface area contributed by atoms with Gasteiger partial charge in [-0.1, -0.05) is 29.8 Å². The van der Waals surface area contributed by atoms with Crippen LogP contribution in [0.15, 0.2) is 42.5 Å². The molecule has 0 aliphatic carbocycles. The van der Waals surface area contributed by atoms with Gasteiger partial charge >= 0.3 is 0 Å². The highest BCUT2D eigenvalue weighted by Crippen LogP contribution is 2.19. The summed E-state index contributed by atoms with van der Waals surface area (Å²) >= 11 is 5.91. The van der Waals surface area contributed by atoms with E-state index in [1.54, 1.807) is 6.07 Å². The van der Waals surface area contributed by atoms with Crippen LogP contribution in [0, 0.1) is 5.82 Å². The van der Waals surface area contributed by atoms with E-state index in [0.717, 1.165) is 11.3 Å². The SMILES string of the molecule is CN(C)c1ccc(CNC(=O)Cc2c(F)cccc2Cl)cc1. The van der Waals surface area contributed by atoms with Crippen molar-refractivity contribution in [2.24, 2.45) is 0 Å². The van der Waals surface area contributed by atoms with Crippen LogP contribution in [0.1, 0.15) is 11.1 Å². The number of anilines is 1. The van der Waals surface area contributed by atoms with Gasteiger partial charge in [-0.15, -0.1) is 0 Å². The van der Waals surface area contributed by atoms with Gasteiger partial charge in [0.25, 0.3) is 0 Å². The average molecular weight is 321 g/mol. The summed E-state index contributed by atoms with van der Waals surface area (Å²) in [6.07, 6.45) is -0.0682. The Morgan fingerprint density at radius 2 is 1.86 bits per heavy atom. The first-order chi connectivity index (χ1) is 10.5. The van der Waals surface area contributed by atoms with Crippen molar-refractivity contribution in [2.45, 2.75) is 13.0 Å². The van der Waals surface area contributed by atoms with E-state index in [2.05, 4.69) is 5.32 Å². The smallest absolute Gasteiger partial charge is 0.224 e. The number of halogens is 2. The molecule has 3 nitrogen and oxygen atoms in total. The van der Waals surface area contributed by atoms with Crippen LogP contribution < -0.4 is 10.2 Å². The van der Waals surface area contributed by atoms with Crippen LogP contribution in [0.5, 0.6) is 0 Å². The zero-order valence-electron chi connectivity index (χ0n) is 12.6. The molecule has 2 aromatic carbocycles. The third-order valence-electron chi connectivity index (χ3n) is 3.34. The van der Waals surface area contributed by atoms with Crippen LogP contribution in [-0.2, 0) is 17.8 Å². The summed E-state index contributed by atoms with van der Waals surface area (Å²) in [7, 11) is 3.93. The van der Waals surface area contributed by atoms with Gasteiger partial charge in [-0.2, -0.15) is 0 Å². The Kier molecular flexibility index (Phi) is 5.39. The summed E-state index contributed by atoms with van der Waals surface area (Å²) in [4.78, 5) is 13.9. The lowest BCUT2D eigenvalue weighted by Gasteiger charge is -2.13. The molecule has 1 amide bonds. The van der Waals surface area contributed by atoms with Crippen LogP contribution in [0.3, 0.4) is 0 Å². The summed E-state index contributed by atoms with van der Waals surface area (Å²) in [6, 6.07) is 12.3. The molecule has 22 heavy (non-hydrogen) atoms. The van der Waals surface area contributed by atoms with E-state index in [-0.39, 0.29) is 22.9 Å². The lowest BCUT2D eigenvalue weighted by molar-refractivity contribution is -0.120. The lowest BCUT2D eigenvalue weighted by atomic mass is 10.1. The molecule has 1 N–H and O–H groups in total. The van der Waals surface area contributed by atoms with Crippen molar-refractivity contribution < 1.29 is 9.18 Å². The number of hydrogen-bond donors (Lipinski definition) is 1. The summed E-state index contributed by atoms with van der Waals surface area (Å²) in [5.41, 5.74) is 2.30. The quantitative estimate of drug-likeness (QED) is 0.915. The zero-order valence-corrected chi connectivity index (χ0v) is 13.3. The number of nitrogens with one attached hydrogen (secondary N) is 1. The van der Waals surface area contributed by atoms with E-state index in [1.807, 2.05) is 43.3 Å². The monoisotopic (exact) mass is 320 g/mol. The second kappa shape index (κ2) is 7.27. The molecule has 0 aliphatic rings. The molecule has 2 rings (SSSR count). The van der Waals surface area contributed by atoms with Crippen molar-refractivity contribution in [3.63, 3.8) is 0 Å².